The van der Waals surface area contributed by atoms with E-state index >= 15 is 0 Å². The van der Waals surface area contributed by atoms with Crippen LogP contribution in [0.3, 0.4) is 0 Å². The highest BCUT2D eigenvalue weighted by Gasteiger charge is 2.31. The molecule has 1 aromatic heterocycles. The highest BCUT2D eigenvalue weighted by atomic mass is 35.5. The highest BCUT2D eigenvalue weighted by Crippen LogP contribution is 2.45. The molecule has 0 unspecified atom stereocenters. The zero-order valence-corrected chi connectivity index (χ0v) is 15.1. The van der Waals surface area contributed by atoms with Gasteiger partial charge in [0.25, 0.3) is 5.91 Å². The maximum Gasteiger partial charge on any atom is 0.262 e. The van der Waals surface area contributed by atoms with E-state index < -0.39 is 0 Å². The van der Waals surface area contributed by atoms with Gasteiger partial charge in [-0.3, -0.25) is 9.89 Å². The van der Waals surface area contributed by atoms with Gasteiger partial charge in [-0.05, 0) is 61.4 Å². The second-order valence-electron chi connectivity index (χ2n) is 6.43. The van der Waals surface area contributed by atoms with E-state index in [1.165, 1.54) is 12.1 Å². The van der Waals surface area contributed by atoms with E-state index in [0.29, 0.717) is 28.1 Å². The predicted octanol–water partition coefficient (Wildman–Crippen LogP) is 4.76. The summed E-state index contributed by atoms with van der Waals surface area (Å²) in [4.78, 5) is 12.4. The summed E-state index contributed by atoms with van der Waals surface area (Å²) in [7, 11) is 0. The van der Waals surface area contributed by atoms with Gasteiger partial charge in [0.1, 0.15) is 17.3 Å². The Hall–Kier alpha value is -2.86. The Morgan fingerprint density at radius 3 is 2.56 bits per heavy atom. The summed E-state index contributed by atoms with van der Waals surface area (Å²) < 4.78 is 18.7. The largest absolute Gasteiger partial charge is 0.484 e. The minimum absolute atomic E-state index is 0.139. The van der Waals surface area contributed by atoms with Crippen LogP contribution >= 0.6 is 11.6 Å². The Morgan fingerprint density at radius 1 is 1.19 bits per heavy atom. The van der Waals surface area contributed by atoms with E-state index in [0.717, 1.165) is 24.1 Å². The lowest BCUT2D eigenvalue weighted by molar-refractivity contribution is -0.118. The quantitative estimate of drug-likeness (QED) is 0.642. The van der Waals surface area contributed by atoms with Gasteiger partial charge in [0.2, 0.25) is 0 Å². The van der Waals surface area contributed by atoms with E-state index in [2.05, 4.69) is 15.5 Å². The van der Waals surface area contributed by atoms with Crippen LogP contribution in [0.1, 0.15) is 24.5 Å². The molecular formula is C20H17ClFN3O2. The molecule has 138 valence electrons. The number of rotatable bonds is 6. The molecule has 1 heterocycles. The zero-order chi connectivity index (χ0) is 18.8. The average molecular weight is 386 g/mol. The van der Waals surface area contributed by atoms with Crippen LogP contribution in [0.2, 0.25) is 5.02 Å². The first-order chi connectivity index (χ1) is 13.1. The SMILES string of the molecule is O=C(COc1ccc(Cl)cc1)Nc1c(-c2ccc(F)cc2)n[nH]c1C1CC1. The average Bonchev–Trinajstić information content (AvgIpc) is 3.43. The van der Waals surface area contributed by atoms with E-state index in [9.17, 15) is 9.18 Å². The maximum absolute atomic E-state index is 13.2. The molecule has 1 aliphatic rings. The van der Waals surface area contributed by atoms with E-state index in [1.807, 2.05) is 0 Å². The van der Waals surface area contributed by atoms with Crippen LogP contribution in [-0.4, -0.2) is 22.7 Å². The number of benzene rings is 2. The van der Waals surface area contributed by atoms with E-state index in [-0.39, 0.29) is 18.3 Å². The first-order valence-electron chi connectivity index (χ1n) is 8.62. The Kier molecular flexibility index (Phi) is 4.81. The van der Waals surface area contributed by atoms with Gasteiger partial charge < -0.3 is 10.1 Å². The fourth-order valence-corrected chi connectivity index (χ4v) is 2.95. The molecule has 1 aliphatic carbocycles. The summed E-state index contributed by atoms with van der Waals surface area (Å²) in [6.45, 7) is -0.139. The third-order valence-corrected chi connectivity index (χ3v) is 4.60. The van der Waals surface area contributed by atoms with E-state index in [1.54, 1.807) is 36.4 Å². The molecule has 1 amide bonds. The number of hydrogen-bond donors (Lipinski definition) is 2. The van der Waals surface area contributed by atoms with Crippen molar-refractivity contribution in [2.45, 2.75) is 18.8 Å². The normalized spacial score (nSPS) is 13.4. The number of nitrogens with one attached hydrogen (secondary N) is 2. The van der Waals surface area contributed by atoms with Crippen molar-refractivity contribution < 1.29 is 13.9 Å². The monoisotopic (exact) mass is 385 g/mol. The second kappa shape index (κ2) is 7.40. The van der Waals surface area contributed by atoms with Crippen molar-refractivity contribution in [1.82, 2.24) is 10.2 Å². The lowest BCUT2D eigenvalue weighted by Crippen LogP contribution is -2.21. The van der Waals surface area contributed by atoms with Gasteiger partial charge in [-0.25, -0.2) is 4.39 Å². The smallest absolute Gasteiger partial charge is 0.262 e. The number of ether oxygens (including phenoxy) is 1. The van der Waals surface area contributed by atoms with Gasteiger partial charge in [0.15, 0.2) is 6.61 Å². The molecule has 0 radical (unpaired) electrons. The lowest BCUT2D eigenvalue weighted by Gasteiger charge is -2.10. The number of nitrogens with zero attached hydrogens (tertiary/aromatic N) is 1. The van der Waals surface area contributed by atoms with Crippen LogP contribution in [0.5, 0.6) is 5.75 Å². The number of aromatic amines is 1. The predicted molar refractivity (Wildman–Crippen MR) is 102 cm³/mol. The van der Waals surface area contributed by atoms with Crippen molar-refractivity contribution in [2.75, 3.05) is 11.9 Å². The zero-order valence-electron chi connectivity index (χ0n) is 14.3. The molecule has 0 atom stereocenters. The Labute approximate surface area is 160 Å². The molecule has 0 aliphatic heterocycles. The van der Waals surface area contributed by atoms with E-state index in [4.69, 9.17) is 16.3 Å². The van der Waals surface area contributed by atoms with Crippen molar-refractivity contribution in [1.29, 1.82) is 0 Å². The maximum atomic E-state index is 13.2. The molecule has 1 fully saturated rings. The summed E-state index contributed by atoms with van der Waals surface area (Å²) in [5.41, 5.74) is 2.85. The first-order valence-corrected chi connectivity index (χ1v) is 9.00. The van der Waals surface area contributed by atoms with Crippen molar-refractivity contribution in [3.63, 3.8) is 0 Å². The van der Waals surface area contributed by atoms with Crippen molar-refractivity contribution in [2.24, 2.45) is 0 Å². The highest BCUT2D eigenvalue weighted by molar-refractivity contribution is 6.30. The van der Waals surface area contributed by atoms with Crippen molar-refractivity contribution >= 4 is 23.2 Å². The molecule has 3 aromatic rings. The van der Waals surface area contributed by atoms with Crippen LogP contribution in [0.25, 0.3) is 11.3 Å². The van der Waals surface area contributed by atoms with Gasteiger partial charge in [0.05, 0.1) is 11.4 Å². The number of anilines is 1. The van der Waals surface area contributed by atoms with Gasteiger partial charge in [-0.2, -0.15) is 5.10 Å². The molecule has 0 spiro atoms. The molecule has 0 bridgehead atoms. The fourth-order valence-electron chi connectivity index (χ4n) is 2.82. The van der Waals surface area contributed by atoms with Crippen LogP contribution in [0, 0.1) is 5.82 Å². The Balaban J connectivity index is 1.51. The van der Waals surface area contributed by atoms with Crippen molar-refractivity contribution in [3.8, 4) is 17.0 Å². The number of H-pyrrole nitrogens is 1. The molecule has 27 heavy (non-hydrogen) atoms. The third-order valence-electron chi connectivity index (χ3n) is 4.35. The van der Waals surface area contributed by atoms with Gasteiger partial charge in [-0.15, -0.1) is 0 Å². The lowest BCUT2D eigenvalue weighted by atomic mass is 10.1. The molecule has 7 heteroatoms. The molecule has 4 rings (SSSR count). The first kappa shape index (κ1) is 17.5. The van der Waals surface area contributed by atoms with Gasteiger partial charge in [0, 0.05) is 16.5 Å². The van der Waals surface area contributed by atoms with Crippen LogP contribution < -0.4 is 10.1 Å². The standard InChI is InChI=1S/C20H17ClFN3O2/c21-14-5-9-16(10-6-14)27-11-17(26)23-20-18(12-1-2-12)24-25-19(20)13-3-7-15(22)8-4-13/h3-10,12H,1-2,11H2,(H,23,26)(H,24,25). The summed E-state index contributed by atoms with van der Waals surface area (Å²) in [6.07, 6.45) is 2.10. The van der Waals surface area contributed by atoms with Crippen molar-refractivity contribution in [3.05, 3.63) is 65.1 Å². The number of hydrogen-bond acceptors (Lipinski definition) is 3. The molecule has 0 saturated heterocycles. The minimum Gasteiger partial charge on any atom is -0.484 e. The molecule has 2 N–H and O–H groups in total. The summed E-state index contributed by atoms with van der Waals surface area (Å²) in [5, 5.41) is 10.9. The molecule has 5 nitrogen and oxygen atoms in total. The molecular weight excluding hydrogens is 369 g/mol. The Morgan fingerprint density at radius 2 is 1.89 bits per heavy atom. The third kappa shape index (κ3) is 4.11. The molecule has 1 saturated carbocycles. The number of halogens is 2. The van der Waals surface area contributed by atoms with Crippen LogP contribution in [0.4, 0.5) is 10.1 Å². The summed E-state index contributed by atoms with van der Waals surface area (Å²) in [5.74, 6) is 0.303. The van der Waals surface area contributed by atoms with Gasteiger partial charge in [-0.1, -0.05) is 11.6 Å². The van der Waals surface area contributed by atoms with Crippen LogP contribution in [0.15, 0.2) is 48.5 Å². The Bertz CT molecular complexity index is 950. The summed E-state index contributed by atoms with van der Waals surface area (Å²) in [6, 6.07) is 12.8. The fraction of sp³-hybridized carbons (Fsp3) is 0.200. The van der Waals surface area contributed by atoms with Gasteiger partial charge >= 0.3 is 0 Å². The molecule has 2 aromatic carbocycles. The summed E-state index contributed by atoms with van der Waals surface area (Å²) >= 11 is 5.84. The topological polar surface area (TPSA) is 67.0 Å². The number of amides is 1. The van der Waals surface area contributed by atoms with Crippen LogP contribution in [-0.2, 0) is 4.79 Å². The number of carbonyl (C=O) groups excluding carboxylic acids is 1. The second-order valence-corrected chi connectivity index (χ2v) is 6.87. The minimum atomic E-state index is -0.321. The number of carbonyl (C=O) groups is 1. The number of aromatic nitrogens is 2.